The van der Waals surface area contributed by atoms with Crippen LogP contribution in [-0.2, 0) is 19.3 Å². The smallest absolute Gasteiger partial charge is 0.192 e. The van der Waals surface area contributed by atoms with Crippen LogP contribution in [0.1, 0.15) is 47.1 Å². The first-order chi connectivity index (χ1) is 15.2. The highest BCUT2D eigenvalue weighted by atomic mass is 14.8. The molecule has 0 atom stereocenters. The molecule has 0 saturated heterocycles. The molecule has 0 bridgehead atoms. The van der Waals surface area contributed by atoms with Crippen molar-refractivity contribution in [1.82, 2.24) is 0 Å². The first-order valence-corrected chi connectivity index (χ1v) is 10.9. The Morgan fingerprint density at radius 2 is 1.39 bits per heavy atom. The third-order valence-electron chi connectivity index (χ3n) is 7.09. The van der Waals surface area contributed by atoms with Crippen molar-refractivity contribution < 1.29 is 0 Å². The molecule has 0 aliphatic heterocycles. The van der Waals surface area contributed by atoms with Crippen LogP contribution in [0.25, 0.3) is 11.1 Å². The van der Waals surface area contributed by atoms with Crippen molar-refractivity contribution in [2.45, 2.75) is 38.5 Å². The fourth-order valence-corrected chi connectivity index (χ4v) is 5.37. The molecule has 2 aliphatic rings. The molecule has 0 heterocycles. The summed E-state index contributed by atoms with van der Waals surface area (Å²) in [5.74, 6) is 0. The van der Waals surface area contributed by atoms with Gasteiger partial charge in [-0.15, -0.1) is 0 Å². The van der Waals surface area contributed by atoms with E-state index in [4.69, 9.17) is 0 Å². The van der Waals surface area contributed by atoms with Gasteiger partial charge in [0.2, 0.25) is 6.19 Å². The Morgan fingerprint density at radius 1 is 0.710 bits per heavy atom. The fraction of sp³-hybridized carbons (Fsp3) is 0.250. The molecule has 3 nitrogen and oxygen atoms in total. The molecule has 31 heavy (non-hydrogen) atoms. The summed E-state index contributed by atoms with van der Waals surface area (Å²) in [6.07, 6.45) is 8.27. The summed E-state index contributed by atoms with van der Waals surface area (Å²) in [4.78, 5) is 4.44. The first-order valence-electron chi connectivity index (χ1n) is 10.9. The Balaban J connectivity index is 1.58. The zero-order valence-electron chi connectivity index (χ0n) is 17.4. The second-order valence-corrected chi connectivity index (χ2v) is 8.67. The number of aryl methyl sites for hydroxylation is 3. The summed E-state index contributed by atoms with van der Waals surface area (Å²) >= 11 is 0. The van der Waals surface area contributed by atoms with Crippen LogP contribution in [0.5, 0.6) is 0 Å². The van der Waals surface area contributed by atoms with E-state index in [1.54, 1.807) is 0 Å². The molecule has 0 unspecified atom stereocenters. The molecule has 150 valence electrons. The molecular formula is C28H23N3. The zero-order chi connectivity index (χ0) is 21.3. The van der Waals surface area contributed by atoms with E-state index in [9.17, 15) is 10.5 Å². The number of nitrogens with zero attached hydrogens (tertiary/aromatic N) is 3. The minimum absolute atomic E-state index is 0.0606. The maximum absolute atomic E-state index is 9.58. The Hall–Kier alpha value is -3.69. The monoisotopic (exact) mass is 401 g/mol. The summed E-state index contributed by atoms with van der Waals surface area (Å²) in [5.41, 5.74) is 8.88. The van der Waals surface area contributed by atoms with Crippen LogP contribution in [0, 0.1) is 28.2 Å². The standard InChI is InChI=1S/C28H23N3/c29-18-20-4-3-7-24(16-20)25-9-8-23-12-15-28(27(31-19-30)26(23)17-25)13-10-21-5-1-2-6-22(21)11-14-28/h1-9,16-17H,10-15H2. The molecule has 1 spiro atoms. The van der Waals surface area contributed by atoms with Gasteiger partial charge in [0.25, 0.3) is 0 Å². The Morgan fingerprint density at radius 3 is 2.06 bits per heavy atom. The molecule has 3 heteroatoms. The fourth-order valence-electron chi connectivity index (χ4n) is 5.37. The van der Waals surface area contributed by atoms with Gasteiger partial charge in [0.05, 0.1) is 17.3 Å². The second kappa shape index (κ2) is 7.86. The highest BCUT2D eigenvalue weighted by Gasteiger charge is 2.41. The van der Waals surface area contributed by atoms with Crippen LogP contribution in [-0.4, -0.2) is 5.71 Å². The molecule has 0 fully saturated rings. The molecule has 5 rings (SSSR count). The van der Waals surface area contributed by atoms with Crippen LogP contribution in [0.3, 0.4) is 0 Å². The highest BCUT2D eigenvalue weighted by molar-refractivity contribution is 6.08. The summed E-state index contributed by atoms with van der Waals surface area (Å²) in [6.45, 7) is 0. The van der Waals surface area contributed by atoms with Crippen molar-refractivity contribution in [1.29, 1.82) is 10.5 Å². The van der Waals surface area contributed by atoms with Gasteiger partial charge in [-0.2, -0.15) is 15.5 Å². The Labute approximate surface area is 183 Å². The van der Waals surface area contributed by atoms with Crippen LogP contribution in [0.2, 0.25) is 0 Å². The number of rotatable bonds is 1. The quantitative estimate of drug-likeness (QED) is 0.469. The molecule has 0 aromatic heterocycles. The van der Waals surface area contributed by atoms with Crippen LogP contribution >= 0.6 is 0 Å². The molecule has 3 aromatic carbocycles. The number of aliphatic imine (C=N–C) groups is 1. The third-order valence-corrected chi connectivity index (χ3v) is 7.09. The molecule has 2 aliphatic carbocycles. The van der Waals surface area contributed by atoms with Crippen molar-refractivity contribution in [3.05, 3.63) is 94.5 Å². The molecular weight excluding hydrogens is 378 g/mol. The molecule has 0 saturated carbocycles. The van der Waals surface area contributed by atoms with E-state index in [0.29, 0.717) is 5.56 Å². The second-order valence-electron chi connectivity index (χ2n) is 8.67. The Kier molecular flexibility index (Phi) is 4.89. The van der Waals surface area contributed by atoms with Gasteiger partial charge in [0, 0.05) is 11.0 Å². The summed E-state index contributed by atoms with van der Waals surface area (Å²) in [5, 5.41) is 18.9. The van der Waals surface area contributed by atoms with Gasteiger partial charge in [-0.25, -0.2) is 0 Å². The number of hydrogen-bond acceptors (Lipinski definition) is 3. The van der Waals surface area contributed by atoms with Gasteiger partial charge < -0.3 is 0 Å². The number of fused-ring (bicyclic) bond motifs is 2. The van der Waals surface area contributed by atoms with E-state index in [1.807, 2.05) is 24.3 Å². The SMILES string of the molecule is N#CN=C1c2cc(-c3cccc(C#N)c3)ccc2CCC12CCc1ccccc1CC2. The Bertz CT molecular complexity index is 1240. The van der Waals surface area contributed by atoms with Crippen molar-refractivity contribution in [3.63, 3.8) is 0 Å². The molecule has 3 aromatic rings. The van der Waals surface area contributed by atoms with E-state index in [2.05, 4.69) is 59.7 Å². The van der Waals surface area contributed by atoms with Crippen molar-refractivity contribution in [2.75, 3.05) is 0 Å². The summed E-state index contributed by atoms with van der Waals surface area (Å²) in [6, 6.07) is 25.1. The largest absolute Gasteiger partial charge is 0.205 e. The van der Waals surface area contributed by atoms with Gasteiger partial charge in [-0.05, 0) is 84.5 Å². The number of nitriles is 2. The van der Waals surface area contributed by atoms with Crippen molar-refractivity contribution in [3.8, 4) is 23.4 Å². The first kappa shape index (κ1) is 19.3. The van der Waals surface area contributed by atoms with Gasteiger partial charge in [0.15, 0.2) is 0 Å². The van der Waals surface area contributed by atoms with Gasteiger partial charge >= 0.3 is 0 Å². The maximum atomic E-state index is 9.58. The minimum atomic E-state index is -0.0606. The van der Waals surface area contributed by atoms with Crippen molar-refractivity contribution in [2.24, 2.45) is 10.4 Å². The topological polar surface area (TPSA) is 59.9 Å². The van der Waals surface area contributed by atoms with Crippen LogP contribution in [0.15, 0.2) is 71.7 Å². The lowest BCUT2D eigenvalue weighted by Gasteiger charge is -2.39. The minimum Gasteiger partial charge on any atom is -0.192 e. The van der Waals surface area contributed by atoms with Crippen molar-refractivity contribution >= 4 is 5.71 Å². The van der Waals surface area contributed by atoms with Gasteiger partial charge in [0.1, 0.15) is 0 Å². The van der Waals surface area contributed by atoms with E-state index < -0.39 is 0 Å². The van der Waals surface area contributed by atoms with E-state index >= 15 is 0 Å². The van der Waals surface area contributed by atoms with E-state index in [0.717, 1.165) is 60.9 Å². The zero-order valence-corrected chi connectivity index (χ0v) is 17.4. The molecule has 0 radical (unpaired) electrons. The van der Waals surface area contributed by atoms with E-state index in [1.165, 1.54) is 16.7 Å². The average molecular weight is 402 g/mol. The summed E-state index contributed by atoms with van der Waals surface area (Å²) < 4.78 is 0. The van der Waals surface area contributed by atoms with Gasteiger partial charge in [-0.3, -0.25) is 0 Å². The third kappa shape index (κ3) is 3.43. The lowest BCUT2D eigenvalue weighted by Crippen LogP contribution is -2.37. The maximum Gasteiger partial charge on any atom is 0.205 e. The van der Waals surface area contributed by atoms with Crippen LogP contribution in [0.4, 0.5) is 0 Å². The van der Waals surface area contributed by atoms with E-state index in [-0.39, 0.29) is 5.41 Å². The van der Waals surface area contributed by atoms with Crippen LogP contribution < -0.4 is 0 Å². The predicted octanol–water partition coefficient (Wildman–Crippen LogP) is 6.01. The lowest BCUT2D eigenvalue weighted by molar-refractivity contribution is 0.331. The molecule has 0 N–H and O–H groups in total. The average Bonchev–Trinajstić information content (AvgIpc) is 3.01. The lowest BCUT2D eigenvalue weighted by atomic mass is 9.65. The normalized spacial score (nSPS) is 17.8. The van der Waals surface area contributed by atoms with Gasteiger partial charge in [-0.1, -0.05) is 48.5 Å². The number of benzene rings is 3. The molecule has 0 amide bonds. The number of hydrogen-bond donors (Lipinski definition) is 0. The highest BCUT2D eigenvalue weighted by Crippen LogP contribution is 2.46. The summed E-state index contributed by atoms with van der Waals surface area (Å²) in [7, 11) is 0. The predicted molar refractivity (Wildman–Crippen MR) is 123 cm³/mol.